The molecule has 0 radical (unpaired) electrons. The van der Waals surface area contributed by atoms with Gasteiger partial charge in [0.05, 0.1) is 6.61 Å². The van der Waals surface area contributed by atoms with E-state index >= 15 is 0 Å². The minimum atomic E-state index is -4.39. The molecule has 182 valence electrons. The summed E-state index contributed by atoms with van der Waals surface area (Å²) in [5, 5.41) is 0.805. The van der Waals surface area contributed by atoms with Crippen LogP contribution in [-0.2, 0) is 19.6 Å². The van der Waals surface area contributed by atoms with Crippen molar-refractivity contribution in [2.24, 2.45) is 5.92 Å². The lowest BCUT2D eigenvalue weighted by Crippen LogP contribution is -2.35. The molecule has 0 heterocycles. The first kappa shape index (κ1) is 22.8. The van der Waals surface area contributed by atoms with E-state index in [1.165, 1.54) is 34.4 Å². The van der Waals surface area contributed by atoms with Crippen molar-refractivity contribution in [3.05, 3.63) is 107 Å². The molecule has 0 aliphatic heterocycles. The Morgan fingerprint density at radius 2 is 1.39 bits per heavy atom. The Kier molecular flexibility index (Phi) is 5.54. The summed E-state index contributed by atoms with van der Waals surface area (Å²) in [7, 11) is -4.39. The van der Waals surface area contributed by atoms with Gasteiger partial charge in [0.2, 0.25) is 0 Å². The third-order valence-corrected chi connectivity index (χ3v) is 8.26. The van der Waals surface area contributed by atoms with Gasteiger partial charge in [-0.3, -0.25) is 4.55 Å². The second kappa shape index (κ2) is 8.76. The van der Waals surface area contributed by atoms with E-state index in [1.807, 2.05) is 0 Å². The van der Waals surface area contributed by atoms with Crippen LogP contribution in [0, 0.1) is 5.92 Å². The van der Waals surface area contributed by atoms with E-state index in [0.29, 0.717) is 29.0 Å². The van der Waals surface area contributed by atoms with E-state index in [9.17, 15) is 17.8 Å². The van der Waals surface area contributed by atoms with Gasteiger partial charge >= 0.3 is 5.97 Å². The van der Waals surface area contributed by atoms with E-state index in [1.54, 1.807) is 24.3 Å². The SMILES string of the molecule is O=C(COc1ccc(S(=O)(=O)O)c2ccccc12)OCC1CC2c3ccccc3C1c1ccccc12. The van der Waals surface area contributed by atoms with Crippen LogP contribution in [0.4, 0.5) is 0 Å². The van der Waals surface area contributed by atoms with Crippen molar-refractivity contribution in [3.8, 4) is 5.75 Å². The number of carbonyl (C=O) groups excluding carboxylic acids is 1. The zero-order valence-electron chi connectivity index (χ0n) is 19.3. The zero-order chi connectivity index (χ0) is 24.9. The summed E-state index contributed by atoms with van der Waals surface area (Å²) in [5.74, 6) is 0.525. The summed E-state index contributed by atoms with van der Waals surface area (Å²) < 4.78 is 44.3. The van der Waals surface area contributed by atoms with E-state index in [0.717, 1.165) is 6.42 Å². The molecule has 3 aliphatic carbocycles. The van der Waals surface area contributed by atoms with Gasteiger partial charge in [0.15, 0.2) is 6.61 Å². The second-order valence-electron chi connectivity index (χ2n) is 9.34. The van der Waals surface area contributed by atoms with Crippen LogP contribution in [0.25, 0.3) is 10.8 Å². The summed E-state index contributed by atoms with van der Waals surface area (Å²) in [6.07, 6.45) is 0.925. The lowest BCUT2D eigenvalue weighted by atomic mass is 9.59. The Morgan fingerprint density at radius 1 is 0.806 bits per heavy atom. The fraction of sp³-hybridized carbons (Fsp3) is 0.207. The van der Waals surface area contributed by atoms with Gasteiger partial charge in [0.25, 0.3) is 10.1 Å². The summed E-state index contributed by atoms with van der Waals surface area (Å²) in [5.41, 5.74) is 5.37. The van der Waals surface area contributed by atoms with Gasteiger partial charge in [-0.15, -0.1) is 0 Å². The largest absolute Gasteiger partial charge is 0.481 e. The van der Waals surface area contributed by atoms with Crippen molar-refractivity contribution >= 4 is 26.9 Å². The lowest BCUT2D eigenvalue weighted by Gasteiger charge is -2.45. The lowest BCUT2D eigenvalue weighted by molar-refractivity contribution is -0.147. The quantitative estimate of drug-likeness (QED) is 0.285. The Bertz CT molecular complexity index is 1550. The van der Waals surface area contributed by atoms with Crippen LogP contribution < -0.4 is 4.74 Å². The number of esters is 1. The van der Waals surface area contributed by atoms with Crippen LogP contribution in [0.1, 0.15) is 40.5 Å². The number of carbonyl (C=O) groups is 1. The highest BCUT2D eigenvalue weighted by Gasteiger charge is 2.43. The fourth-order valence-electron chi connectivity index (χ4n) is 5.90. The monoisotopic (exact) mass is 500 g/mol. The third kappa shape index (κ3) is 3.85. The minimum Gasteiger partial charge on any atom is -0.481 e. The molecule has 0 spiro atoms. The number of benzene rings is 4. The second-order valence-corrected chi connectivity index (χ2v) is 10.7. The van der Waals surface area contributed by atoms with Crippen molar-refractivity contribution in [1.29, 1.82) is 0 Å². The molecule has 4 aromatic carbocycles. The highest BCUT2D eigenvalue weighted by molar-refractivity contribution is 7.86. The van der Waals surface area contributed by atoms with Gasteiger partial charge in [-0.2, -0.15) is 8.42 Å². The molecule has 0 saturated carbocycles. The van der Waals surface area contributed by atoms with Crippen molar-refractivity contribution in [3.63, 3.8) is 0 Å². The number of hydrogen-bond acceptors (Lipinski definition) is 5. The molecule has 4 aromatic rings. The maximum atomic E-state index is 12.6. The molecule has 0 saturated heterocycles. The van der Waals surface area contributed by atoms with E-state index in [-0.39, 0.29) is 23.3 Å². The first-order valence-corrected chi connectivity index (χ1v) is 13.3. The van der Waals surface area contributed by atoms with Gasteiger partial charge in [-0.05, 0) is 40.8 Å². The molecule has 7 rings (SSSR count). The topological polar surface area (TPSA) is 89.9 Å². The van der Waals surface area contributed by atoms with E-state index in [4.69, 9.17) is 9.47 Å². The fourth-order valence-corrected chi connectivity index (χ4v) is 6.59. The summed E-state index contributed by atoms with van der Waals surface area (Å²) in [4.78, 5) is 12.4. The highest BCUT2D eigenvalue weighted by Crippen LogP contribution is 2.55. The van der Waals surface area contributed by atoms with Crippen molar-refractivity contribution in [2.75, 3.05) is 13.2 Å². The Balaban J connectivity index is 1.17. The van der Waals surface area contributed by atoms with Crippen LogP contribution in [0.5, 0.6) is 5.75 Å². The van der Waals surface area contributed by atoms with E-state index < -0.39 is 16.1 Å². The van der Waals surface area contributed by atoms with Crippen LogP contribution >= 0.6 is 0 Å². The average molecular weight is 501 g/mol. The van der Waals surface area contributed by atoms with Crippen LogP contribution in [-0.4, -0.2) is 32.2 Å². The standard InChI is InChI=1S/C29H24O6S/c30-28(17-34-26-13-14-27(36(31,32)33)22-10-4-3-9-21(22)26)35-16-18-15-25-19-7-1-5-11-23(19)29(18)24-12-6-2-8-20(24)25/h1-14,18,25,29H,15-17H2,(H,31,32,33). The van der Waals surface area contributed by atoms with Crippen molar-refractivity contribution in [1.82, 2.24) is 0 Å². The summed E-state index contributed by atoms with van der Waals surface area (Å²) in [6.45, 7) is -0.00231. The van der Waals surface area contributed by atoms with Crippen LogP contribution in [0.3, 0.4) is 0 Å². The van der Waals surface area contributed by atoms with Gasteiger partial charge in [-0.25, -0.2) is 4.79 Å². The molecule has 1 N–H and O–H groups in total. The molecule has 6 nitrogen and oxygen atoms in total. The molecule has 0 amide bonds. The maximum absolute atomic E-state index is 12.6. The molecule has 3 aliphatic rings. The Morgan fingerprint density at radius 3 is 2.03 bits per heavy atom. The number of hydrogen-bond donors (Lipinski definition) is 1. The highest BCUT2D eigenvalue weighted by atomic mass is 32.2. The number of fused-ring (bicyclic) bond motifs is 2. The summed E-state index contributed by atoms with van der Waals surface area (Å²) in [6, 6.07) is 26.4. The third-order valence-electron chi connectivity index (χ3n) is 7.35. The molecule has 36 heavy (non-hydrogen) atoms. The first-order valence-electron chi connectivity index (χ1n) is 11.9. The normalized spacial score (nSPS) is 20.0. The summed E-state index contributed by atoms with van der Waals surface area (Å²) >= 11 is 0. The molecule has 2 bridgehead atoms. The van der Waals surface area contributed by atoms with Crippen molar-refractivity contribution in [2.45, 2.75) is 23.2 Å². The van der Waals surface area contributed by atoms with Crippen LogP contribution in [0.15, 0.2) is 89.8 Å². The predicted octanol–water partition coefficient (Wildman–Crippen LogP) is 5.31. The van der Waals surface area contributed by atoms with Gasteiger partial charge in [0.1, 0.15) is 10.6 Å². The van der Waals surface area contributed by atoms with Gasteiger partial charge in [-0.1, -0.05) is 72.8 Å². The number of rotatable bonds is 6. The predicted molar refractivity (Wildman–Crippen MR) is 135 cm³/mol. The molecule has 0 aromatic heterocycles. The molecular weight excluding hydrogens is 476 g/mol. The minimum absolute atomic E-state index is 0.179. The van der Waals surface area contributed by atoms with Crippen molar-refractivity contribution < 1.29 is 27.2 Å². The smallest absolute Gasteiger partial charge is 0.344 e. The number of ether oxygens (including phenoxy) is 2. The molecule has 0 fully saturated rings. The van der Waals surface area contributed by atoms with E-state index in [2.05, 4.69) is 48.5 Å². The maximum Gasteiger partial charge on any atom is 0.344 e. The molecule has 1 atom stereocenters. The van der Waals surface area contributed by atoms with Crippen LogP contribution in [0.2, 0.25) is 0 Å². The Labute approximate surface area is 209 Å². The molecular formula is C29H24O6S. The average Bonchev–Trinajstić information content (AvgIpc) is 2.90. The van der Waals surface area contributed by atoms with Gasteiger partial charge in [0, 0.05) is 28.5 Å². The molecule has 1 unspecified atom stereocenters. The van der Waals surface area contributed by atoms with Gasteiger partial charge < -0.3 is 9.47 Å². The zero-order valence-corrected chi connectivity index (χ0v) is 20.1. The molecule has 7 heteroatoms. The Hall–Kier alpha value is -3.68. The first-order chi connectivity index (χ1) is 17.4.